The van der Waals surface area contributed by atoms with E-state index in [9.17, 15) is 0 Å². The van der Waals surface area contributed by atoms with Crippen LogP contribution >= 0.6 is 0 Å². The molecule has 21 heavy (non-hydrogen) atoms. The summed E-state index contributed by atoms with van der Waals surface area (Å²) in [6, 6.07) is 7.02. The Morgan fingerprint density at radius 3 is 2.62 bits per heavy atom. The van der Waals surface area contributed by atoms with Gasteiger partial charge in [-0.1, -0.05) is 26.3 Å². The highest BCUT2D eigenvalue weighted by atomic mass is 16.5. The van der Waals surface area contributed by atoms with E-state index >= 15 is 0 Å². The number of ether oxygens (including phenoxy) is 2. The Balaban J connectivity index is 1.91. The van der Waals surface area contributed by atoms with E-state index in [2.05, 4.69) is 37.4 Å². The van der Waals surface area contributed by atoms with Gasteiger partial charge in [0.2, 0.25) is 0 Å². The summed E-state index contributed by atoms with van der Waals surface area (Å²) in [5.74, 6) is 1.81. The van der Waals surface area contributed by atoms with Crippen LogP contribution in [0, 0.1) is 0 Å². The molecular weight excluding hydrogens is 262 g/mol. The van der Waals surface area contributed by atoms with E-state index < -0.39 is 0 Å². The van der Waals surface area contributed by atoms with Crippen LogP contribution in [0.15, 0.2) is 18.2 Å². The number of rotatable bonds is 8. The maximum absolute atomic E-state index is 5.77. The molecule has 1 aliphatic rings. The highest BCUT2D eigenvalue weighted by Crippen LogP contribution is 2.30. The minimum atomic E-state index is 0.630. The standard InChI is InChI=1S/C18H29NO2/c1-3-6-16(19-11-4-2)9-7-15-8-10-17-18(14-15)21-13-5-12-20-17/h8,10,14,16,19H,3-7,9,11-13H2,1-2H3. The molecule has 3 heteroatoms. The van der Waals surface area contributed by atoms with Crippen LogP contribution in [0.25, 0.3) is 0 Å². The smallest absolute Gasteiger partial charge is 0.161 e. The summed E-state index contributed by atoms with van der Waals surface area (Å²) < 4.78 is 11.5. The van der Waals surface area contributed by atoms with Gasteiger partial charge in [0, 0.05) is 12.5 Å². The Kier molecular flexibility index (Phi) is 6.87. The highest BCUT2D eigenvalue weighted by Gasteiger charge is 2.12. The summed E-state index contributed by atoms with van der Waals surface area (Å²) in [4.78, 5) is 0. The maximum atomic E-state index is 5.77. The lowest BCUT2D eigenvalue weighted by molar-refractivity contribution is 0.297. The van der Waals surface area contributed by atoms with Crippen LogP contribution < -0.4 is 14.8 Å². The van der Waals surface area contributed by atoms with E-state index in [4.69, 9.17) is 9.47 Å². The summed E-state index contributed by atoms with van der Waals surface area (Å²) in [6.07, 6.45) is 6.94. The monoisotopic (exact) mass is 291 g/mol. The molecule has 0 bridgehead atoms. The number of benzene rings is 1. The Morgan fingerprint density at radius 2 is 1.86 bits per heavy atom. The van der Waals surface area contributed by atoms with Gasteiger partial charge < -0.3 is 14.8 Å². The molecule has 1 N–H and O–H groups in total. The molecule has 2 rings (SSSR count). The van der Waals surface area contributed by atoms with Crippen molar-refractivity contribution in [2.45, 2.75) is 58.4 Å². The quantitative estimate of drug-likeness (QED) is 0.786. The molecule has 1 aromatic rings. The molecule has 0 aromatic heterocycles. The van der Waals surface area contributed by atoms with Crippen molar-refractivity contribution in [2.75, 3.05) is 19.8 Å². The second-order valence-electron chi connectivity index (χ2n) is 5.81. The third-order valence-electron chi connectivity index (χ3n) is 3.91. The van der Waals surface area contributed by atoms with Crippen molar-refractivity contribution in [3.05, 3.63) is 23.8 Å². The topological polar surface area (TPSA) is 30.5 Å². The van der Waals surface area contributed by atoms with E-state index in [0.717, 1.165) is 44.1 Å². The molecule has 0 aliphatic carbocycles. The first-order valence-corrected chi connectivity index (χ1v) is 8.45. The van der Waals surface area contributed by atoms with Crippen LogP contribution in [0.2, 0.25) is 0 Å². The predicted octanol–water partition coefficient (Wildman–Crippen LogP) is 3.95. The van der Waals surface area contributed by atoms with Gasteiger partial charge >= 0.3 is 0 Å². The van der Waals surface area contributed by atoms with Crippen LogP contribution in [0.1, 0.15) is 51.5 Å². The Morgan fingerprint density at radius 1 is 1.05 bits per heavy atom. The molecule has 1 atom stereocenters. The fourth-order valence-electron chi connectivity index (χ4n) is 2.75. The number of nitrogens with one attached hydrogen (secondary N) is 1. The van der Waals surface area contributed by atoms with Gasteiger partial charge in [0.05, 0.1) is 13.2 Å². The average Bonchev–Trinajstić information content (AvgIpc) is 2.74. The molecule has 0 saturated heterocycles. The molecule has 0 radical (unpaired) electrons. The molecule has 118 valence electrons. The second kappa shape index (κ2) is 8.93. The fraction of sp³-hybridized carbons (Fsp3) is 0.667. The normalized spacial score (nSPS) is 15.5. The fourth-order valence-corrected chi connectivity index (χ4v) is 2.75. The molecule has 1 aromatic carbocycles. The first-order valence-electron chi connectivity index (χ1n) is 8.45. The van der Waals surface area contributed by atoms with Gasteiger partial charge in [-0.05, 0) is 49.9 Å². The lowest BCUT2D eigenvalue weighted by Crippen LogP contribution is -2.30. The predicted molar refractivity (Wildman–Crippen MR) is 87.4 cm³/mol. The number of hydrogen-bond donors (Lipinski definition) is 1. The molecular formula is C18H29NO2. The zero-order valence-electron chi connectivity index (χ0n) is 13.5. The Hall–Kier alpha value is -1.22. The number of aryl methyl sites for hydroxylation is 1. The minimum absolute atomic E-state index is 0.630. The summed E-state index contributed by atoms with van der Waals surface area (Å²) >= 11 is 0. The second-order valence-corrected chi connectivity index (χ2v) is 5.81. The SMILES string of the molecule is CCCNC(CCC)CCc1ccc2c(c1)OCCCO2. The molecule has 1 unspecified atom stereocenters. The summed E-state index contributed by atoms with van der Waals surface area (Å²) in [5, 5.41) is 3.66. The lowest BCUT2D eigenvalue weighted by atomic mass is 10.0. The molecule has 3 nitrogen and oxygen atoms in total. The summed E-state index contributed by atoms with van der Waals surface area (Å²) in [7, 11) is 0. The van der Waals surface area contributed by atoms with Crippen LogP contribution in [-0.4, -0.2) is 25.8 Å². The van der Waals surface area contributed by atoms with Gasteiger partial charge in [0.25, 0.3) is 0 Å². The molecule has 0 spiro atoms. The van der Waals surface area contributed by atoms with Gasteiger partial charge in [-0.3, -0.25) is 0 Å². The van der Waals surface area contributed by atoms with E-state index in [0.29, 0.717) is 6.04 Å². The number of hydrogen-bond acceptors (Lipinski definition) is 3. The highest BCUT2D eigenvalue weighted by molar-refractivity contribution is 5.43. The van der Waals surface area contributed by atoms with Crippen LogP contribution in [0.3, 0.4) is 0 Å². The van der Waals surface area contributed by atoms with Crippen molar-refractivity contribution < 1.29 is 9.47 Å². The van der Waals surface area contributed by atoms with Gasteiger partial charge in [-0.2, -0.15) is 0 Å². The van der Waals surface area contributed by atoms with Crippen molar-refractivity contribution in [1.29, 1.82) is 0 Å². The molecule has 0 fully saturated rings. The van der Waals surface area contributed by atoms with Crippen molar-refractivity contribution >= 4 is 0 Å². The van der Waals surface area contributed by atoms with Crippen LogP contribution in [0.4, 0.5) is 0 Å². The maximum Gasteiger partial charge on any atom is 0.161 e. The molecule has 0 amide bonds. The Bertz CT molecular complexity index is 420. The third-order valence-corrected chi connectivity index (χ3v) is 3.91. The molecule has 0 saturated carbocycles. The van der Waals surface area contributed by atoms with Crippen molar-refractivity contribution in [1.82, 2.24) is 5.32 Å². The lowest BCUT2D eigenvalue weighted by Gasteiger charge is -2.18. The number of fused-ring (bicyclic) bond motifs is 1. The first kappa shape index (κ1) is 16.2. The van der Waals surface area contributed by atoms with E-state index in [1.54, 1.807) is 0 Å². The first-order chi connectivity index (χ1) is 10.3. The summed E-state index contributed by atoms with van der Waals surface area (Å²) in [6.45, 7) is 7.11. The third kappa shape index (κ3) is 5.24. The Labute approximate surface area is 129 Å². The van der Waals surface area contributed by atoms with Crippen LogP contribution in [0.5, 0.6) is 11.5 Å². The van der Waals surface area contributed by atoms with Gasteiger partial charge in [-0.25, -0.2) is 0 Å². The van der Waals surface area contributed by atoms with E-state index in [-0.39, 0.29) is 0 Å². The van der Waals surface area contributed by atoms with E-state index in [1.807, 2.05) is 0 Å². The van der Waals surface area contributed by atoms with Gasteiger partial charge in [0.1, 0.15) is 0 Å². The van der Waals surface area contributed by atoms with E-state index in [1.165, 1.54) is 31.2 Å². The van der Waals surface area contributed by atoms with Gasteiger partial charge in [0.15, 0.2) is 11.5 Å². The van der Waals surface area contributed by atoms with Gasteiger partial charge in [-0.15, -0.1) is 0 Å². The zero-order valence-corrected chi connectivity index (χ0v) is 13.5. The summed E-state index contributed by atoms with van der Waals surface area (Å²) in [5.41, 5.74) is 1.35. The van der Waals surface area contributed by atoms with Crippen molar-refractivity contribution in [2.24, 2.45) is 0 Å². The molecule has 1 heterocycles. The zero-order chi connectivity index (χ0) is 14.9. The average molecular weight is 291 g/mol. The minimum Gasteiger partial charge on any atom is -0.490 e. The largest absolute Gasteiger partial charge is 0.490 e. The molecule has 1 aliphatic heterocycles. The van der Waals surface area contributed by atoms with Crippen molar-refractivity contribution in [3.63, 3.8) is 0 Å². The van der Waals surface area contributed by atoms with Crippen LogP contribution in [-0.2, 0) is 6.42 Å². The van der Waals surface area contributed by atoms with Crippen molar-refractivity contribution in [3.8, 4) is 11.5 Å².